The molecule has 4 aliphatic rings. The van der Waals surface area contributed by atoms with Crippen LogP contribution in [0.4, 0.5) is 0 Å². The molecule has 101 heavy (non-hydrogen) atoms. The third-order valence-electron chi connectivity index (χ3n) is 16.5. The van der Waals surface area contributed by atoms with Crippen LogP contribution in [0.15, 0.2) is 0 Å². The van der Waals surface area contributed by atoms with Gasteiger partial charge in [0.25, 0.3) is 0 Å². The number of carbonyl (C=O) groups is 9. The van der Waals surface area contributed by atoms with Crippen molar-refractivity contribution < 1.29 is 142 Å². The van der Waals surface area contributed by atoms with Gasteiger partial charge in [-0.25, -0.2) is 0 Å². The molecule has 0 aromatic heterocycles. The minimum absolute atomic E-state index is 0.0615. The van der Waals surface area contributed by atoms with E-state index in [0.717, 1.165) is 0 Å². The summed E-state index contributed by atoms with van der Waals surface area (Å²) in [5, 5.41) is 125. The number of hydrogen-bond donors (Lipinski definition) is 19. The van der Waals surface area contributed by atoms with Crippen molar-refractivity contribution >= 4 is 53.2 Å². The summed E-state index contributed by atoms with van der Waals surface area (Å²) in [7, 11) is 0. The third-order valence-corrected chi connectivity index (χ3v) is 16.5. The quantitative estimate of drug-likeness (QED) is 0.0252. The van der Waals surface area contributed by atoms with E-state index < -0.39 is 154 Å². The zero-order valence-corrected chi connectivity index (χ0v) is 57.8. The van der Waals surface area contributed by atoms with Crippen LogP contribution >= 0.6 is 0 Å². The molecule has 0 spiro atoms. The monoisotopic (exact) mass is 1460 g/mol. The highest BCUT2D eigenvalue weighted by atomic mass is 16.7. The van der Waals surface area contributed by atoms with Crippen LogP contribution in [0, 0.1) is 0 Å². The van der Waals surface area contributed by atoms with E-state index in [-0.39, 0.29) is 166 Å². The summed E-state index contributed by atoms with van der Waals surface area (Å²) in [6, 6.07) is -3.25. The molecule has 38 heteroatoms. The van der Waals surface area contributed by atoms with E-state index in [2.05, 4.69) is 47.9 Å². The molecule has 4 fully saturated rings. The molecule has 0 saturated carbocycles. The number of amides is 9. The second-order valence-corrected chi connectivity index (χ2v) is 24.9. The van der Waals surface area contributed by atoms with E-state index >= 15 is 0 Å². The molecule has 9 amide bonds. The van der Waals surface area contributed by atoms with Gasteiger partial charge in [-0.15, -0.1) is 0 Å². The highest BCUT2D eigenvalue weighted by molar-refractivity contribution is 5.78. The molecule has 38 nitrogen and oxygen atoms in total. The van der Waals surface area contributed by atoms with Crippen molar-refractivity contribution in [3.63, 3.8) is 0 Å². The number of rotatable bonds is 49. The largest absolute Gasteiger partial charge is 0.394 e. The fraction of sp³-hybridized carbons (Fsp3) is 0.857. The number of hydrogen-bond acceptors (Lipinski definition) is 29. The molecular formula is C63H111N9O29. The van der Waals surface area contributed by atoms with Crippen LogP contribution in [-0.2, 0) is 90.5 Å². The van der Waals surface area contributed by atoms with Crippen LogP contribution in [0.25, 0.3) is 0 Å². The Hall–Kier alpha value is -5.57. The Bertz CT molecular complexity index is 2470. The highest BCUT2D eigenvalue weighted by Crippen LogP contribution is 2.28. The smallest absolute Gasteiger partial charge is 0.222 e. The summed E-state index contributed by atoms with van der Waals surface area (Å²) in [5.41, 5.74) is 0. The molecule has 4 aliphatic heterocycles. The molecule has 582 valence electrons. The minimum Gasteiger partial charge on any atom is -0.394 e. The first-order chi connectivity index (χ1) is 48.4. The number of ether oxygens (including phenoxy) is 10. The van der Waals surface area contributed by atoms with Crippen LogP contribution in [0.1, 0.15) is 124 Å². The Kier molecular flexibility index (Phi) is 42.8. The van der Waals surface area contributed by atoms with E-state index in [1.54, 1.807) is 0 Å². The molecule has 0 unspecified atom stereocenters. The third kappa shape index (κ3) is 33.4. The zero-order chi connectivity index (χ0) is 74.2. The van der Waals surface area contributed by atoms with Crippen molar-refractivity contribution in [2.24, 2.45) is 0 Å². The van der Waals surface area contributed by atoms with E-state index in [0.29, 0.717) is 57.8 Å². The van der Waals surface area contributed by atoms with Crippen LogP contribution in [0.3, 0.4) is 0 Å². The van der Waals surface area contributed by atoms with Gasteiger partial charge in [0.15, 0.2) is 25.2 Å². The maximum Gasteiger partial charge on any atom is 0.222 e. The maximum absolute atomic E-state index is 12.9. The number of nitrogens with one attached hydrogen (secondary N) is 9. The molecule has 4 rings (SSSR count). The molecule has 0 aromatic carbocycles. The van der Waals surface area contributed by atoms with Crippen molar-refractivity contribution in [3.05, 3.63) is 0 Å². The summed E-state index contributed by atoms with van der Waals surface area (Å²) in [4.78, 5) is 111. The SMILES string of the molecule is CC(=O)N[C@H]1[C@H](OCCCCC(=O)NCCCNC(=O)CCOC[C@H]2O[C@@H](O)C[C@@H](OCCC(=O)NCCCNC(=O)CCCCO[C@@H]3O[C@H](CO)[C@H](O)[C@H](O)[C@H]3NC(C)=O)[C@@H]2OCCC(=O)NCCCNC(=O)CCCCO[C@@H]2O[C@H](CO)[C@H](O)[C@H](O)[C@H]2NC(C)=O)O[C@H](CO)[C@H](O)[C@@H]1O. The van der Waals surface area contributed by atoms with Gasteiger partial charge >= 0.3 is 0 Å². The van der Waals surface area contributed by atoms with Gasteiger partial charge in [0.05, 0.1) is 52.4 Å². The van der Waals surface area contributed by atoms with Crippen LogP contribution in [0.5, 0.6) is 0 Å². The summed E-state index contributed by atoms with van der Waals surface area (Å²) in [5.74, 6) is -3.27. The van der Waals surface area contributed by atoms with E-state index in [1.165, 1.54) is 20.8 Å². The van der Waals surface area contributed by atoms with Gasteiger partial charge in [-0.2, -0.15) is 0 Å². The van der Waals surface area contributed by atoms with E-state index in [1.807, 2.05) is 0 Å². The van der Waals surface area contributed by atoms with Gasteiger partial charge in [0.1, 0.15) is 85.3 Å². The molecule has 0 aromatic rings. The molecule has 0 aliphatic carbocycles. The van der Waals surface area contributed by atoms with Crippen molar-refractivity contribution in [1.29, 1.82) is 0 Å². The highest BCUT2D eigenvalue weighted by Gasteiger charge is 2.48. The van der Waals surface area contributed by atoms with E-state index in [4.69, 9.17) is 47.4 Å². The summed E-state index contributed by atoms with van der Waals surface area (Å²) in [6.07, 6.45) is -15.8. The lowest BCUT2D eigenvalue weighted by Gasteiger charge is -2.42. The van der Waals surface area contributed by atoms with Crippen LogP contribution in [-0.4, -0.2) is 326 Å². The Morgan fingerprint density at radius 2 is 0.653 bits per heavy atom. The first-order valence-electron chi connectivity index (χ1n) is 34.7. The standard InChI is InChI=1S/C63H111N9O29/c1-36(76)70-51-57(89)54(86)40(32-73)99-61(51)95-25-7-4-13-44(79)64-19-10-22-67-47(82)16-28-92-35-43-60(94-30-18-49(84)69-24-12-21-66-46(81)15-6-9-27-97-63-53(72-38(3)78)59(91)56(88)42(34-75)101-63)39(31-50(85)98-43)93-29-17-48(83)68-23-11-20-65-45(80)14-5-8-26-96-62-52(71-37(2)77)58(90)55(87)41(33-74)100-62/h39-43,50-63,73-75,85-91H,4-35H2,1-3H3,(H,64,79)(H,65,80)(H,66,81)(H,67,82)(H,68,83)(H,69,84)(H,70,76)(H,71,77)(H,72,78)/t39-,40-,41-,42-,43-,50-,51-,52-,53-,54+,55+,56+,57-,58-,59-,60+,61-,62-,63-/m1/s1. The predicted octanol–water partition coefficient (Wildman–Crippen LogP) is -7.69. The molecule has 19 atom stereocenters. The fourth-order valence-corrected chi connectivity index (χ4v) is 11.1. The maximum atomic E-state index is 12.9. The lowest BCUT2D eigenvalue weighted by molar-refractivity contribution is -0.270. The van der Waals surface area contributed by atoms with Crippen LogP contribution < -0.4 is 47.9 Å². The van der Waals surface area contributed by atoms with Crippen molar-refractivity contribution in [2.45, 2.75) is 240 Å². The number of carbonyl (C=O) groups excluding carboxylic acids is 9. The molecule has 4 saturated heterocycles. The Balaban J connectivity index is 1.15. The first kappa shape index (κ1) is 87.8. The molecule has 4 heterocycles. The molecule has 19 N–H and O–H groups in total. The Morgan fingerprint density at radius 3 is 0.970 bits per heavy atom. The van der Waals surface area contributed by atoms with Gasteiger partial charge in [-0.1, -0.05) is 0 Å². The topological polar surface area (TPSA) is 556 Å². The minimum atomic E-state index is -1.45. The Morgan fingerprint density at radius 1 is 0.347 bits per heavy atom. The van der Waals surface area contributed by atoms with Gasteiger partial charge in [0, 0.05) is 125 Å². The van der Waals surface area contributed by atoms with Crippen molar-refractivity contribution in [1.82, 2.24) is 47.9 Å². The average molecular weight is 1460 g/mol. The second kappa shape index (κ2) is 49.2. The number of aliphatic hydroxyl groups is 10. The van der Waals surface area contributed by atoms with Gasteiger partial charge in [0.2, 0.25) is 53.2 Å². The van der Waals surface area contributed by atoms with Gasteiger partial charge in [-0.05, 0) is 57.8 Å². The summed E-state index contributed by atoms with van der Waals surface area (Å²) in [6.45, 7) is 3.17. The molecule has 0 bridgehead atoms. The molecular weight excluding hydrogens is 1350 g/mol. The predicted molar refractivity (Wildman–Crippen MR) is 347 cm³/mol. The number of unbranched alkanes of at least 4 members (excludes halogenated alkanes) is 3. The van der Waals surface area contributed by atoms with Crippen LogP contribution in [0.2, 0.25) is 0 Å². The van der Waals surface area contributed by atoms with E-state index in [9.17, 15) is 94.2 Å². The summed E-state index contributed by atoms with van der Waals surface area (Å²) >= 11 is 0. The molecule has 0 radical (unpaired) electrons. The van der Waals surface area contributed by atoms with Gasteiger partial charge in [-0.3, -0.25) is 43.2 Å². The zero-order valence-electron chi connectivity index (χ0n) is 57.8. The summed E-state index contributed by atoms with van der Waals surface area (Å²) < 4.78 is 57.6. The van der Waals surface area contributed by atoms with Crippen molar-refractivity contribution in [3.8, 4) is 0 Å². The fourth-order valence-electron chi connectivity index (χ4n) is 11.1. The Labute approximate surface area is 586 Å². The average Bonchev–Trinajstić information content (AvgIpc) is 0.827. The first-order valence-corrected chi connectivity index (χ1v) is 34.7. The normalized spacial score (nSPS) is 28.8. The number of aliphatic hydroxyl groups excluding tert-OH is 10. The lowest BCUT2D eigenvalue weighted by Crippen LogP contribution is -2.64. The van der Waals surface area contributed by atoms with Crippen molar-refractivity contribution in [2.75, 3.05) is 105 Å². The lowest BCUT2D eigenvalue weighted by atomic mass is 9.97. The van der Waals surface area contributed by atoms with Gasteiger partial charge < -0.3 is 146 Å². The second-order valence-electron chi connectivity index (χ2n) is 24.9.